The summed E-state index contributed by atoms with van der Waals surface area (Å²) in [5, 5.41) is 3.57. The molecular formula is C16H14BrN3. The van der Waals surface area contributed by atoms with Crippen molar-refractivity contribution >= 4 is 32.7 Å². The second-order valence-corrected chi connectivity index (χ2v) is 6.14. The van der Waals surface area contributed by atoms with E-state index >= 15 is 0 Å². The van der Waals surface area contributed by atoms with Gasteiger partial charge in [-0.25, -0.2) is 4.98 Å². The van der Waals surface area contributed by atoms with Crippen molar-refractivity contribution in [3.8, 4) is 0 Å². The Morgan fingerprint density at radius 1 is 1.25 bits per heavy atom. The van der Waals surface area contributed by atoms with Crippen LogP contribution in [-0.2, 0) is 13.5 Å². The molecule has 1 aliphatic rings. The van der Waals surface area contributed by atoms with Gasteiger partial charge in [0.2, 0.25) is 0 Å². The van der Waals surface area contributed by atoms with E-state index < -0.39 is 0 Å². The Morgan fingerprint density at radius 3 is 2.95 bits per heavy atom. The van der Waals surface area contributed by atoms with Crippen LogP contribution >= 0.6 is 15.9 Å². The highest BCUT2D eigenvalue weighted by molar-refractivity contribution is 9.10. The first-order valence-corrected chi connectivity index (χ1v) is 7.48. The molecule has 0 bridgehead atoms. The molecule has 0 saturated carbocycles. The third-order valence-electron chi connectivity index (χ3n) is 3.96. The highest BCUT2D eigenvalue weighted by Gasteiger charge is 2.25. The van der Waals surface area contributed by atoms with Crippen LogP contribution in [-0.4, -0.2) is 9.55 Å². The van der Waals surface area contributed by atoms with Gasteiger partial charge in [0.25, 0.3) is 0 Å². The van der Waals surface area contributed by atoms with Gasteiger partial charge in [-0.3, -0.25) is 0 Å². The van der Waals surface area contributed by atoms with Gasteiger partial charge in [-0.2, -0.15) is 0 Å². The van der Waals surface area contributed by atoms with Crippen LogP contribution in [0.1, 0.15) is 17.4 Å². The van der Waals surface area contributed by atoms with E-state index in [1.165, 1.54) is 16.8 Å². The van der Waals surface area contributed by atoms with Crippen LogP contribution in [0.4, 0.5) is 5.69 Å². The predicted octanol–water partition coefficient (Wildman–Crippen LogP) is 4.05. The zero-order chi connectivity index (χ0) is 13.7. The lowest BCUT2D eigenvalue weighted by molar-refractivity contribution is 0.704. The number of aryl methyl sites for hydroxylation is 1. The van der Waals surface area contributed by atoms with E-state index in [0.29, 0.717) is 0 Å². The standard InChI is InChI=1S/C16H14BrN3/c1-20-15-7-6-11(17)9-13(15)19-16(20)14-8-10-4-2-3-5-12(10)18-14/h2-7,9,14,18H,8H2,1H3. The van der Waals surface area contributed by atoms with Gasteiger partial charge < -0.3 is 9.88 Å². The monoisotopic (exact) mass is 327 g/mol. The van der Waals surface area contributed by atoms with Crippen molar-refractivity contribution in [2.24, 2.45) is 7.05 Å². The van der Waals surface area contributed by atoms with Gasteiger partial charge in [0.05, 0.1) is 17.1 Å². The molecular weight excluding hydrogens is 314 g/mol. The van der Waals surface area contributed by atoms with Crippen LogP contribution in [0.25, 0.3) is 11.0 Å². The SMILES string of the molecule is Cn1c(C2Cc3ccccc3N2)nc2cc(Br)ccc21. The topological polar surface area (TPSA) is 29.9 Å². The summed E-state index contributed by atoms with van der Waals surface area (Å²) in [5.41, 5.74) is 4.80. The number of anilines is 1. The van der Waals surface area contributed by atoms with E-state index in [-0.39, 0.29) is 6.04 Å². The molecule has 20 heavy (non-hydrogen) atoms. The number of hydrogen-bond donors (Lipinski definition) is 1. The van der Waals surface area contributed by atoms with Gasteiger partial charge in [-0.1, -0.05) is 34.1 Å². The largest absolute Gasteiger partial charge is 0.375 e. The number of para-hydroxylation sites is 1. The molecule has 1 unspecified atom stereocenters. The summed E-state index contributed by atoms with van der Waals surface area (Å²) >= 11 is 3.51. The van der Waals surface area contributed by atoms with Crippen molar-refractivity contribution in [3.05, 3.63) is 58.3 Å². The minimum atomic E-state index is 0.253. The molecule has 0 aliphatic carbocycles. The second kappa shape index (κ2) is 4.35. The van der Waals surface area contributed by atoms with Crippen molar-refractivity contribution in [3.63, 3.8) is 0 Å². The van der Waals surface area contributed by atoms with E-state index in [1.54, 1.807) is 0 Å². The van der Waals surface area contributed by atoms with Crippen molar-refractivity contribution in [1.29, 1.82) is 0 Å². The number of imidazole rings is 1. The summed E-state index contributed by atoms with van der Waals surface area (Å²) in [6.07, 6.45) is 0.995. The molecule has 2 aromatic carbocycles. The molecule has 4 rings (SSSR count). The Kier molecular flexibility index (Phi) is 2.60. The van der Waals surface area contributed by atoms with Crippen molar-refractivity contribution in [1.82, 2.24) is 9.55 Å². The summed E-state index contributed by atoms with van der Waals surface area (Å²) < 4.78 is 3.25. The van der Waals surface area contributed by atoms with Gasteiger partial charge in [-0.15, -0.1) is 0 Å². The smallest absolute Gasteiger partial charge is 0.132 e. The van der Waals surface area contributed by atoms with Gasteiger partial charge in [0, 0.05) is 23.6 Å². The van der Waals surface area contributed by atoms with Crippen LogP contribution < -0.4 is 5.32 Å². The van der Waals surface area contributed by atoms with E-state index in [9.17, 15) is 0 Å². The van der Waals surface area contributed by atoms with Crippen LogP contribution in [0, 0.1) is 0 Å². The molecule has 4 heteroatoms. The summed E-state index contributed by atoms with van der Waals surface area (Å²) in [6.45, 7) is 0. The molecule has 1 N–H and O–H groups in total. The Labute approximate surface area is 125 Å². The van der Waals surface area contributed by atoms with E-state index in [4.69, 9.17) is 4.98 Å². The zero-order valence-corrected chi connectivity index (χ0v) is 12.7. The fourth-order valence-corrected chi connectivity index (χ4v) is 3.31. The molecule has 0 fully saturated rings. The minimum Gasteiger partial charge on any atom is -0.375 e. The maximum Gasteiger partial charge on any atom is 0.132 e. The predicted molar refractivity (Wildman–Crippen MR) is 84.9 cm³/mol. The molecule has 0 spiro atoms. The average Bonchev–Trinajstić information content (AvgIpc) is 3.00. The highest BCUT2D eigenvalue weighted by Crippen LogP contribution is 2.34. The first-order chi connectivity index (χ1) is 9.72. The molecule has 0 amide bonds. The zero-order valence-electron chi connectivity index (χ0n) is 11.1. The fraction of sp³-hybridized carbons (Fsp3) is 0.188. The van der Waals surface area contributed by atoms with Crippen LogP contribution in [0.15, 0.2) is 46.9 Å². The van der Waals surface area contributed by atoms with Gasteiger partial charge in [0.15, 0.2) is 0 Å². The molecule has 2 heterocycles. The summed E-state index contributed by atoms with van der Waals surface area (Å²) in [5.74, 6) is 1.09. The lowest BCUT2D eigenvalue weighted by Gasteiger charge is -2.11. The van der Waals surface area contributed by atoms with Gasteiger partial charge in [0.1, 0.15) is 5.82 Å². The maximum absolute atomic E-state index is 4.81. The first kappa shape index (κ1) is 12.0. The van der Waals surface area contributed by atoms with Gasteiger partial charge in [-0.05, 0) is 29.8 Å². The normalized spacial score (nSPS) is 17.2. The summed E-state index contributed by atoms with van der Waals surface area (Å²) in [6, 6.07) is 15.0. The van der Waals surface area contributed by atoms with E-state index in [0.717, 1.165) is 22.2 Å². The number of benzene rings is 2. The van der Waals surface area contributed by atoms with E-state index in [1.807, 2.05) is 0 Å². The Bertz CT molecular complexity index is 782. The summed E-state index contributed by atoms with van der Waals surface area (Å²) in [7, 11) is 2.09. The number of nitrogens with zero attached hydrogens (tertiary/aromatic N) is 2. The van der Waals surface area contributed by atoms with Crippen LogP contribution in [0.5, 0.6) is 0 Å². The Hall–Kier alpha value is -1.81. The molecule has 3 nitrogen and oxygen atoms in total. The highest BCUT2D eigenvalue weighted by atomic mass is 79.9. The Morgan fingerprint density at radius 2 is 2.10 bits per heavy atom. The quantitative estimate of drug-likeness (QED) is 0.730. The van der Waals surface area contributed by atoms with Crippen LogP contribution in [0.3, 0.4) is 0 Å². The molecule has 1 aromatic heterocycles. The van der Waals surface area contributed by atoms with Crippen LogP contribution in [0.2, 0.25) is 0 Å². The number of fused-ring (bicyclic) bond motifs is 2. The third kappa shape index (κ3) is 1.75. The number of aromatic nitrogens is 2. The minimum absolute atomic E-state index is 0.253. The number of halogens is 1. The lowest BCUT2D eigenvalue weighted by Crippen LogP contribution is -2.11. The molecule has 0 saturated heterocycles. The van der Waals surface area contributed by atoms with Crippen molar-refractivity contribution in [2.75, 3.05) is 5.32 Å². The molecule has 1 atom stereocenters. The third-order valence-corrected chi connectivity index (χ3v) is 4.45. The molecule has 100 valence electrons. The van der Waals surface area contributed by atoms with Crippen molar-refractivity contribution < 1.29 is 0 Å². The molecule has 3 aromatic rings. The van der Waals surface area contributed by atoms with Gasteiger partial charge >= 0.3 is 0 Å². The molecule has 1 aliphatic heterocycles. The fourth-order valence-electron chi connectivity index (χ4n) is 2.96. The first-order valence-electron chi connectivity index (χ1n) is 6.69. The number of rotatable bonds is 1. The second-order valence-electron chi connectivity index (χ2n) is 5.22. The Balaban J connectivity index is 1.79. The lowest BCUT2D eigenvalue weighted by atomic mass is 10.1. The summed E-state index contributed by atoms with van der Waals surface area (Å²) in [4.78, 5) is 4.81. The number of hydrogen-bond acceptors (Lipinski definition) is 2. The molecule has 0 radical (unpaired) electrons. The maximum atomic E-state index is 4.81. The van der Waals surface area contributed by atoms with E-state index in [2.05, 4.69) is 75.3 Å². The average molecular weight is 328 g/mol. The van der Waals surface area contributed by atoms with Crippen molar-refractivity contribution in [2.45, 2.75) is 12.5 Å². The number of nitrogens with one attached hydrogen (secondary N) is 1.